The Bertz CT molecular complexity index is 489. The summed E-state index contributed by atoms with van der Waals surface area (Å²) in [5, 5.41) is 9.26. The molecule has 1 saturated heterocycles. The summed E-state index contributed by atoms with van der Waals surface area (Å²) in [5.74, 6) is -0.977. The number of rotatable bonds is 2. The zero-order chi connectivity index (χ0) is 13.3. The summed E-state index contributed by atoms with van der Waals surface area (Å²) in [4.78, 5) is 32.7. The third-order valence-corrected chi connectivity index (χ3v) is 3.28. The molecule has 0 aromatic carbocycles. The summed E-state index contributed by atoms with van der Waals surface area (Å²) in [6, 6.07) is 1.16. The molecule has 1 aromatic rings. The van der Waals surface area contributed by atoms with Gasteiger partial charge in [0.1, 0.15) is 5.82 Å². The molecule has 2 atom stereocenters. The summed E-state index contributed by atoms with van der Waals surface area (Å²) < 4.78 is 0. The molecule has 0 bridgehead atoms. The standard InChI is InChI=1S/C12H15N3O3/c1-7-13-6-5-9(14-7)11-8(12(17)18)3-4-10(16)15(11)2/h5-6,8,11H,3-4H2,1-2H3,(H,17,18). The molecule has 2 rings (SSSR count). The Morgan fingerprint density at radius 1 is 1.56 bits per heavy atom. The zero-order valence-corrected chi connectivity index (χ0v) is 10.3. The van der Waals surface area contributed by atoms with Crippen LogP contribution in [0.4, 0.5) is 0 Å². The summed E-state index contributed by atoms with van der Waals surface area (Å²) in [7, 11) is 1.62. The van der Waals surface area contributed by atoms with E-state index >= 15 is 0 Å². The van der Waals surface area contributed by atoms with E-state index in [0.29, 0.717) is 17.9 Å². The first-order chi connectivity index (χ1) is 8.50. The van der Waals surface area contributed by atoms with Crippen LogP contribution < -0.4 is 0 Å². The van der Waals surface area contributed by atoms with Gasteiger partial charge >= 0.3 is 5.97 Å². The van der Waals surface area contributed by atoms with E-state index in [1.165, 1.54) is 4.90 Å². The van der Waals surface area contributed by atoms with Crippen LogP contribution in [0.25, 0.3) is 0 Å². The number of likely N-dealkylation sites (tertiary alicyclic amines) is 1. The largest absolute Gasteiger partial charge is 0.481 e. The van der Waals surface area contributed by atoms with Crippen LogP contribution in [0, 0.1) is 12.8 Å². The molecule has 2 heterocycles. The number of aliphatic carboxylic acids is 1. The maximum atomic E-state index is 11.7. The number of carboxylic acid groups (broad SMARTS) is 1. The Morgan fingerprint density at radius 2 is 2.28 bits per heavy atom. The van der Waals surface area contributed by atoms with Crippen molar-refractivity contribution in [2.45, 2.75) is 25.8 Å². The topological polar surface area (TPSA) is 83.4 Å². The average molecular weight is 249 g/mol. The van der Waals surface area contributed by atoms with Crippen LogP contribution >= 0.6 is 0 Å². The number of carboxylic acids is 1. The van der Waals surface area contributed by atoms with Crippen LogP contribution in [0.3, 0.4) is 0 Å². The van der Waals surface area contributed by atoms with Crippen LogP contribution in [-0.2, 0) is 9.59 Å². The van der Waals surface area contributed by atoms with Gasteiger partial charge in [0.05, 0.1) is 17.7 Å². The van der Waals surface area contributed by atoms with Gasteiger partial charge in [-0.25, -0.2) is 9.97 Å². The van der Waals surface area contributed by atoms with Gasteiger partial charge < -0.3 is 10.0 Å². The van der Waals surface area contributed by atoms with Crippen molar-refractivity contribution in [1.82, 2.24) is 14.9 Å². The second kappa shape index (κ2) is 4.72. The van der Waals surface area contributed by atoms with E-state index in [4.69, 9.17) is 0 Å². The molecular weight excluding hydrogens is 234 g/mol. The molecule has 2 unspecified atom stereocenters. The molecule has 6 heteroatoms. The monoisotopic (exact) mass is 249 g/mol. The van der Waals surface area contributed by atoms with Crippen molar-refractivity contribution >= 4 is 11.9 Å². The van der Waals surface area contributed by atoms with E-state index in [1.54, 1.807) is 26.2 Å². The van der Waals surface area contributed by atoms with Crippen molar-refractivity contribution in [1.29, 1.82) is 0 Å². The zero-order valence-electron chi connectivity index (χ0n) is 10.3. The first-order valence-corrected chi connectivity index (χ1v) is 5.78. The fourth-order valence-electron chi connectivity index (χ4n) is 2.34. The molecule has 1 aliphatic heterocycles. The molecule has 18 heavy (non-hydrogen) atoms. The molecule has 1 amide bonds. The number of carbonyl (C=O) groups excluding carboxylic acids is 1. The predicted molar refractivity (Wildman–Crippen MR) is 62.6 cm³/mol. The number of hydrogen-bond acceptors (Lipinski definition) is 4. The number of nitrogens with zero attached hydrogens (tertiary/aromatic N) is 3. The fourth-order valence-corrected chi connectivity index (χ4v) is 2.34. The lowest BCUT2D eigenvalue weighted by atomic mass is 9.87. The Labute approximate surface area is 105 Å². The van der Waals surface area contributed by atoms with Gasteiger partial charge in [-0.3, -0.25) is 9.59 Å². The van der Waals surface area contributed by atoms with Crippen LogP contribution in [0.15, 0.2) is 12.3 Å². The molecule has 96 valence electrons. The molecule has 1 fully saturated rings. The molecule has 0 spiro atoms. The molecular formula is C12H15N3O3. The number of amides is 1. The number of carbonyl (C=O) groups is 2. The smallest absolute Gasteiger partial charge is 0.309 e. The highest BCUT2D eigenvalue weighted by Crippen LogP contribution is 2.34. The minimum absolute atomic E-state index is 0.0474. The van der Waals surface area contributed by atoms with Crippen molar-refractivity contribution in [2.24, 2.45) is 5.92 Å². The van der Waals surface area contributed by atoms with Gasteiger partial charge in [-0.15, -0.1) is 0 Å². The number of piperidine rings is 1. The molecule has 1 aromatic heterocycles. The second-order valence-electron chi connectivity index (χ2n) is 4.46. The van der Waals surface area contributed by atoms with E-state index in [9.17, 15) is 14.7 Å². The van der Waals surface area contributed by atoms with E-state index in [1.807, 2.05) is 0 Å². The minimum atomic E-state index is -0.893. The van der Waals surface area contributed by atoms with Crippen LogP contribution in [0.2, 0.25) is 0 Å². The van der Waals surface area contributed by atoms with E-state index in [-0.39, 0.29) is 12.3 Å². The van der Waals surface area contributed by atoms with Crippen molar-refractivity contribution in [3.8, 4) is 0 Å². The number of aryl methyl sites for hydroxylation is 1. The van der Waals surface area contributed by atoms with Crippen molar-refractivity contribution in [3.63, 3.8) is 0 Å². The van der Waals surface area contributed by atoms with Crippen LogP contribution in [0.5, 0.6) is 0 Å². The number of aromatic nitrogens is 2. The molecule has 6 nitrogen and oxygen atoms in total. The average Bonchev–Trinajstić information content (AvgIpc) is 2.32. The SMILES string of the molecule is Cc1nccc(C2C(C(=O)O)CCC(=O)N2C)n1. The Morgan fingerprint density at radius 3 is 2.89 bits per heavy atom. The van der Waals surface area contributed by atoms with Gasteiger partial charge in [-0.1, -0.05) is 0 Å². The van der Waals surface area contributed by atoms with Gasteiger partial charge in [0, 0.05) is 19.7 Å². The fraction of sp³-hybridized carbons (Fsp3) is 0.500. The highest BCUT2D eigenvalue weighted by Gasteiger charge is 2.39. The lowest BCUT2D eigenvalue weighted by Crippen LogP contribution is -2.43. The Balaban J connectivity index is 2.41. The summed E-state index contributed by atoms with van der Waals surface area (Å²) >= 11 is 0. The van der Waals surface area contributed by atoms with Crippen molar-refractivity contribution in [2.75, 3.05) is 7.05 Å². The first kappa shape index (κ1) is 12.5. The summed E-state index contributed by atoms with van der Waals surface area (Å²) in [6.07, 6.45) is 2.21. The summed E-state index contributed by atoms with van der Waals surface area (Å²) in [5.41, 5.74) is 0.588. The molecule has 0 radical (unpaired) electrons. The predicted octanol–water partition coefficient (Wildman–Crippen LogP) is 0.779. The lowest BCUT2D eigenvalue weighted by Gasteiger charge is -2.36. The van der Waals surface area contributed by atoms with Crippen molar-refractivity contribution < 1.29 is 14.7 Å². The van der Waals surface area contributed by atoms with E-state index in [0.717, 1.165) is 0 Å². The number of hydrogen-bond donors (Lipinski definition) is 1. The quantitative estimate of drug-likeness (QED) is 0.837. The third-order valence-electron chi connectivity index (χ3n) is 3.28. The summed E-state index contributed by atoms with van der Waals surface area (Å²) in [6.45, 7) is 1.74. The van der Waals surface area contributed by atoms with Crippen LogP contribution in [-0.4, -0.2) is 38.9 Å². The van der Waals surface area contributed by atoms with E-state index < -0.39 is 17.9 Å². The van der Waals surface area contributed by atoms with Gasteiger partial charge in [0.25, 0.3) is 0 Å². The van der Waals surface area contributed by atoms with Gasteiger partial charge in [-0.2, -0.15) is 0 Å². The van der Waals surface area contributed by atoms with Crippen molar-refractivity contribution in [3.05, 3.63) is 23.8 Å². The highest BCUT2D eigenvalue weighted by atomic mass is 16.4. The Hall–Kier alpha value is -1.98. The third kappa shape index (κ3) is 2.18. The van der Waals surface area contributed by atoms with Crippen LogP contribution in [0.1, 0.15) is 30.4 Å². The highest BCUT2D eigenvalue weighted by molar-refractivity contribution is 5.81. The first-order valence-electron chi connectivity index (χ1n) is 5.78. The normalized spacial score (nSPS) is 24.1. The lowest BCUT2D eigenvalue weighted by molar-refractivity contribution is -0.151. The maximum absolute atomic E-state index is 11.7. The van der Waals surface area contributed by atoms with E-state index in [2.05, 4.69) is 9.97 Å². The van der Waals surface area contributed by atoms with Gasteiger partial charge in [0.15, 0.2) is 0 Å². The van der Waals surface area contributed by atoms with Gasteiger partial charge in [0.2, 0.25) is 5.91 Å². The Kier molecular flexibility index (Phi) is 3.27. The minimum Gasteiger partial charge on any atom is -0.481 e. The molecule has 0 aliphatic carbocycles. The van der Waals surface area contributed by atoms with Gasteiger partial charge in [-0.05, 0) is 19.4 Å². The maximum Gasteiger partial charge on any atom is 0.309 e. The second-order valence-corrected chi connectivity index (χ2v) is 4.46. The molecule has 1 aliphatic rings. The molecule has 0 saturated carbocycles. The molecule has 1 N–H and O–H groups in total.